The Morgan fingerprint density at radius 2 is 1.76 bits per heavy atom. The van der Waals surface area contributed by atoms with Crippen molar-refractivity contribution in [2.45, 2.75) is 19.8 Å². The third-order valence-corrected chi connectivity index (χ3v) is 2.68. The van der Waals surface area contributed by atoms with Crippen molar-refractivity contribution in [1.82, 2.24) is 4.90 Å². The molecule has 0 N–H and O–H groups in total. The van der Waals surface area contributed by atoms with Crippen LogP contribution in [-0.4, -0.2) is 18.1 Å². The molecule has 1 aliphatic rings. The highest BCUT2D eigenvalue weighted by Gasteiger charge is 2.12. The summed E-state index contributed by atoms with van der Waals surface area (Å²) in [6.45, 7) is 4.38. The summed E-state index contributed by atoms with van der Waals surface area (Å²) in [5.74, 6) is 0. The van der Waals surface area contributed by atoms with Gasteiger partial charge in [-0.1, -0.05) is 31.5 Å². The Morgan fingerprint density at radius 3 is 2.41 bits per heavy atom. The topological polar surface area (TPSA) is 6.48 Å². The third kappa shape index (κ3) is 5.03. The first-order valence-corrected chi connectivity index (χ1v) is 5.64. The van der Waals surface area contributed by atoms with Gasteiger partial charge in [0.15, 0.2) is 0 Å². The Morgan fingerprint density at radius 1 is 1.06 bits per heavy atom. The average Bonchev–Trinajstić information content (AvgIpc) is 2.76. The summed E-state index contributed by atoms with van der Waals surface area (Å²) in [6, 6.07) is 10.5. The molecule has 0 saturated heterocycles. The Hall–Kier alpha value is 0.0200. The van der Waals surface area contributed by atoms with Crippen molar-refractivity contribution in [3.05, 3.63) is 42.7 Å². The number of hydrogen-bond donors (Lipinski definition) is 0. The van der Waals surface area contributed by atoms with Crippen molar-refractivity contribution >= 4 is 53.6 Å². The van der Waals surface area contributed by atoms with Gasteiger partial charge >= 0.3 is 0 Å². The predicted molar refractivity (Wildman–Crippen MR) is 95.4 cm³/mol. The van der Waals surface area contributed by atoms with Crippen LogP contribution < -0.4 is 4.90 Å². The van der Waals surface area contributed by atoms with E-state index < -0.39 is 0 Å². The second-order valence-corrected chi connectivity index (χ2v) is 3.91. The lowest BCUT2D eigenvalue weighted by atomic mass is 10.3. The molecule has 4 heteroatoms. The molecule has 2 nitrogen and oxygen atoms in total. The highest BCUT2D eigenvalue weighted by molar-refractivity contribution is 14.0. The van der Waals surface area contributed by atoms with E-state index in [-0.39, 0.29) is 48.0 Å². The standard InChI is InChI=1S/C13H18N2.2HI/c1-2-3-9-14-10-11-15(12-14)13-7-5-4-6-8-13;;/h4-8,10-11H,2-3,9,12H2,1H3;2*1H. The van der Waals surface area contributed by atoms with Crippen LogP contribution in [0.1, 0.15) is 19.8 Å². The number of halogens is 2. The van der Waals surface area contributed by atoms with Gasteiger partial charge in [-0.15, -0.1) is 48.0 Å². The number of para-hydroxylation sites is 1. The minimum Gasteiger partial charge on any atom is -0.358 e. The van der Waals surface area contributed by atoms with Gasteiger partial charge in [0, 0.05) is 24.6 Å². The van der Waals surface area contributed by atoms with Crippen LogP contribution >= 0.6 is 48.0 Å². The largest absolute Gasteiger partial charge is 0.358 e. The lowest BCUT2D eigenvalue weighted by Crippen LogP contribution is -2.25. The SMILES string of the molecule is CCCCN1C=CN(c2ccccc2)C1.I.I. The number of unbranched alkanes of at least 4 members (excludes halogenated alkanes) is 1. The van der Waals surface area contributed by atoms with Crippen molar-refractivity contribution in [3.8, 4) is 0 Å². The van der Waals surface area contributed by atoms with Crippen LogP contribution in [0.5, 0.6) is 0 Å². The first kappa shape index (κ1) is 17.0. The zero-order valence-corrected chi connectivity index (χ0v) is 14.7. The maximum atomic E-state index is 2.36. The maximum absolute atomic E-state index is 2.36. The van der Waals surface area contributed by atoms with Gasteiger partial charge in [0.05, 0.1) is 6.67 Å². The van der Waals surface area contributed by atoms with Crippen molar-refractivity contribution in [2.75, 3.05) is 18.1 Å². The Bertz CT molecular complexity index is 327. The molecule has 0 aromatic heterocycles. The van der Waals surface area contributed by atoms with E-state index in [1.165, 1.54) is 18.5 Å². The van der Waals surface area contributed by atoms with Gasteiger partial charge in [-0.05, 0) is 18.6 Å². The molecule has 96 valence electrons. The minimum atomic E-state index is 0. The second kappa shape index (κ2) is 9.02. The molecule has 0 spiro atoms. The summed E-state index contributed by atoms with van der Waals surface area (Å²) in [7, 11) is 0. The first-order chi connectivity index (χ1) is 7.40. The van der Waals surface area contributed by atoms with Crippen LogP contribution in [0, 0.1) is 0 Å². The lowest BCUT2D eigenvalue weighted by Gasteiger charge is -2.21. The predicted octanol–water partition coefficient (Wildman–Crippen LogP) is 4.27. The molecule has 0 bridgehead atoms. The van der Waals surface area contributed by atoms with Gasteiger partial charge in [-0.3, -0.25) is 0 Å². The maximum Gasteiger partial charge on any atom is 0.0941 e. The molecule has 1 heterocycles. The molecule has 17 heavy (non-hydrogen) atoms. The van der Waals surface area contributed by atoms with Gasteiger partial charge in [0.1, 0.15) is 0 Å². The van der Waals surface area contributed by atoms with Crippen molar-refractivity contribution < 1.29 is 0 Å². The lowest BCUT2D eigenvalue weighted by molar-refractivity contribution is 0.396. The fourth-order valence-corrected chi connectivity index (χ4v) is 1.76. The number of anilines is 1. The van der Waals surface area contributed by atoms with Gasteiger partial charge in [0.25, 0.3) is 0 Å². The Labute approximate surface area is 138 Å². The highest BCUT2D eigenvalue weighted by atomic mass is 127. The zero-order chi connectivity index (χ0) is 10.5. The van der Waals surface area contributed by atoms with E-state index in [0.29, 0.717) is 0 Å². The molecule has 0 fully saturated rings. The Balaban J connectivity index is 0.00000128. The number of benzene rings is 1. The highest BCUT2D eigenvalue weighted by Crippen LogP contribution is 2.18. The normalized spacial score (nSPS) is 13.2. The van der Waals surface area contributed by atoms with E-state index in [1.54, 1.807) is 0 Å². The van der Waals surface area contributed by atoms with Crippen LogP contribution in [-0.2, 0) is 0 Å². The zero-order valence-electron chi connectivity index (χ0n) is 10.1. The molecule has 0 atom stereocenters. The van der Waals surface area contributed by atoms with Crippen LogP contribution in [0.4, 0.5) is 5.69 Å². The summed E-state index contributed by atoms with van der Waals surface area (Å²) in [6.07, 6.45) is 6.87. The quantitative estimate of drug-likeness (QED) is 0.623. The van der Waals surface area contributed by atoms with E-state index in [0.717, 1.165) is 13.2 Å². The molecule has 1 aromatic rings. The van der Waals surface area contributed by atoms with Crippen LogP contribution in [0.2, 0.25) is 0 Å². The van der Waals surface area contributed by atoms with Gasteiger partial charge in [-0.2, -0.15) is 0 Å². The first-order valence-electron chi connectivity index (χ1n) is 5.64. The molecule has 0 unspecified atom stereocenters. The van der Waals surface area contributed by atoms with Gasteiger partial charge in [0.2, 0.25) is 0 Å². The number of rotatable bonds is 4. The summed E-state index contributed by atoms with van der Waals surface area (Å²) in [5, 5.41) is 0. The van der Waals surface area contributed by atoms with Crippen LogP contribution in [0.25, 0.3) is 0 Å². The monoisotopic (exact) mass is 458 g/mol. The third-order valence-electron chi connectivity index (χ3n) is 2.68. The molecule has 1 aromatic carbocycles. The second-order valence-electron chi connectivity index (χ2n) is 3.91. The molecule has 0 aliphatic carbocycles. The van der Waals surface area contributed by atoms with Gasteiger partial charge < -0.3 is 9.80 Å². The van der Waals surface area contributed by atoms with E-state index in [4.69, 9.17) is 0 Å². The fourth-order valence-electron chi connectivity index (χ4n) is 1.76. The van der Waals surface area contributed by atoms with E-state index >= 15 is 0 Å². The average molecular weight is 458 g/mol. The van der Waals surface area contributed by atoms with Crippen LogP contribution in [0.15, 0.2) is 42.7 Å². The number of hydrogen-bond acceptors (Lipinski definition) is 2. The molecule has 0 saturated carbocycles. The summed E-state index contributed by atoms with van der Waals surface area (Å²) < 4.78 is 0. The molecule has 0 amide bonds. The van der Waals surface area contributed by atoms with E-state index in [9.17, 15) is 0 Å². The summed E-state index contributed by atoms with van der Waals surface area (Å²) in [5.41, 5.74) is 1.27. The van der Waals surface area contributed by atoms with Crippen molar-refractivity contribution in [2.24, 2.45) is 0 Å². The summed E-state index contributed by atoms with van der Waals surface area (Å²) >= 11 is 0. The molecule has 0 radical (unpaired) electrons. The van der Waals surface area contributed by atoms with Crippen molar-refractivity contribution in [3.63, 3.8) is 0 Å². The van der Waals surface area contributed by atoms with E-state index in [1.807, 2.05) is 0 Å². The number of nitrogens with zero attached hydrogens (tertiary/aromatic N) is 2. The molecular weight excluding hydrogens is 438 g/mol. The fraction of sp³-hybridized carbons (Fsp3) is 0.385. The van der Waals surface area contributed by atoms with Crippen molar-refractivity contribution in [1.29, 1.82) is 0 Å². The molecule has 1 aliphatic heterocycles. The van der Waals surface area contributed by atoms with E-state index in [2.05, 4.69) is 59.5 Å². The smallest absolute Gasteiger partial charge is 0.0941 e. The molecule has 2 rings (SSSR count). The van der Waals surface area contributed by atoms with Gasteiger partial charge in [-0.25, -0.2) is 0 Å². The minimum absolute atomic E-state index is 0. The Kier molecular flexibility index (Phi) is 9.03. The van der Waals surface area contributed by atoms with Crippen LogP contribution in [0.3, 0.4) is 0 Å². The molecular formula is C13H20I2N2. The summed E-state index contributed by atoms with van der Waals surface area (Å²) in [4.78, 5) is 4.63.